The number of rotatable bonds is 4. The third-order valence-corrected chi connectivity index (χ3v) is 3.43. The van der Waals surface area contributed by atoms with Gasteiger partial charge < -0.3 is 10.2 Å². The van der Waals surface area contributed by atoms with Crippen LogP contribution in [0.1, 0.15) is 46.0 Å². The molecule has 0 aromatic rings. The van der Waals surface area contributed by atoms with Gasteiger partial charge in [0.1, 0.15) is 0 Å². The zero-order valence-electron chi connectivity index (χ0n) is 8.34. The van der Waals surface area contributed by atoms with Crippen LogP contribution in [0, 0.1) is 5.41 Å². The van der Waals surface area contributed by atoms with Crippen molar-refractivity contribution in [3.63, 3.8) is 0 Å². The first-order chi connectivity index (χ1) is 5.96. The normalized spacial score (nSPS) is 24.5. The monoisotopic (exact) mass is 186 g/mol. The van der Waals surface area contributed by atoms with Crippen LogP contribution in [0.25, 0.3) is 0 Å². The van der Waals surface area contributed by atoms with Gasteiger partial charge in [-0.2, -0.15) is 0 Å². The molecule has 3 heteroatoms. The van der Waals surface area contributed by atoms with Gasteiger partial charge in [0.05, 0.1) is 11.0 Å². The first-order valence-corrected chi connectivity index (χ1v) is 4.92. The van der Waals surface area contributed by atoms with Crippen molar-refractivity contribution in [2.75, 3.05) is 0 Å². The molecule has 1 rings (SSSR count). The van der Waals surface area contributed by atoms with Crippen LogP contribution in [0.2, 0.25) is 0 Å². The highest BCUT2D eigenvalue weighted by Crippen LogP contribution is 2.48. The molecule has 0 heterocycles. The maximum Gasteiger partial charge on any atom is 0.312 e. The number of carboxylic acid groups (broad SMARTS) is 1. The predicted molar refractivity (Wildman–Crippen MR) is 49.5 cm³/mol. The number of carbonyl (C=O) groups is 1. The molecule has 0 saturated heterocycles. The first-order valence-electron chi connectivity index (χ1n) is 4.92. The van der Waals surface area contributed by atoms with Crippen molar-refractivity contribution in [1.82, 2.24) is 0 Å². The van der Waals surface area contributed by atoms with Crippen LogP contribution in [-0.2, 0) is 4.79 Å². The molecule has 2 N–H and O–H groups in total. The van der Waals surface area contributed by atoms with Gasteiger partial charge in [-0.25, -0.2) is 0 Å². The second-order valence-electron chi connectivity index (χ2n) is 4.27. The Bertz CT molecular complexity index is 208. The molecule has 0 aromatic heterocycles. The number of carboxylic acids is 1. The lowest BCUT2D eigenvalue weighted by Crippen LogP contribution is -2.55. The van der Waals surface area contributed by atoms with Crippen LogP contribution in [0.4, 0.5) is 0 Å². The van der Waals surface area contributed by atoms with Crippen molar-refractivity contribution >= 4 is 5.97 Å². The molecule has 0 aromatic carbocycles. The van der Waals surface area contributed by atoms with Crippen molar-refractivity contribution in [1.29, 1.82) is 0 Å². The summed E-state index contributed by atoms with van der Waals surface area (Å²) in [5.74, 6) is -0.864. The van der Waals surface area contributed by atoms with Gasteiger partial charge in [0.25, 0.3) is 0 Å². The highest BCUT2D eigenvalue weighted by atomic mass is 16.4. The average molecular weight is 186 g/mol. The lowest BCUT2D eigenvalue weighted by Gasteiger charge is -2.48. The van der Waals surface area contributed by atoms with Crippen LogP contribution >= 0.6 is 0 Å². The maximum atomic E-state index is 11.1. The molecular formula is C10H18O3. The van der Waals surface area contributed by atoms with E-state index in [4.69, 9.17) is 5.11 Å². The molecule has 0 spiro atoms. The molecule has 1 saturated carbocycles. The van der Waals surface area contributed by atoms with Gasteiger partial charge in [0, 0.05) is 0 Å². The van der Waals surface area contributed by atoms with E-state index < -0.39 is 17.0 Å². The van der Waals surface area contributed by atoms with Crippen molar-refractivity contribution < 1.29 is 15.0 Å². The molecule has 1 unspecified atom stereocenters. The van der Waals surface area contributed by atoms with E-state index >= 15 is 0 Å². The van der Waals surface area contributed by atoms with E-state index in [2.05, 4.69) is 0 Å². The molecular weight excluding hydrogens is 168 g/mol. The third kappa shape index (κ3) is 1.46. The van der Waals surface area contributed by atoms with E-state index in [1.807, 2.05) is 6.92 Å². The Labute approximate surface area is 78.8 Å². The molecule has 1 fully saturated rings. The molecule has 13 heavy (non-hydrogen) atoms. The molecule has 1 aliphatic rings. The predicted octanol–water partition coefficient (Wildman–Crippen LogP) is 1.79. The number of aliphatic carboxylic acids is 1. The summed E-state index contributed by atoms with van der Waals surface area (Å²) in [7, 11) is 0. The van der Waals surface area contributed by atoms with E-state index in [0.29, 0.717) is 19.3 Å². The zero-order valence-corrected chi connectivity index (χ0v) is 8.34. The minimum atomic E-state index is -0.950. The van der Waals surface area contributed by atoms with Crippen LogP contribution in [0.3, 0.4) is 0 Å². The molecule has 1 aliphatic carbocycles. The van der Waals surface area contributed by atoms with Gasteiger partial charge in [-0.1, -0.05) is 13.3 Å². The van der Waals surface area contributed by atoms with Gasteiger partial charge in [-0.05, 0) is 32.6 Å². The SMILES string of the molecule is CCCC(C)(C(=O)O)C1(O)CCC1. The average Bonchev–Trinajstić information content (AvgIpc) is 2.00. The molecule has 0 aliphatic heterocycles. The molecule has 3 nitrogen and oxygen atoms in total. The van der Waals surface area contributed by atoms with E-state index in [1.54, 1.807) is 6.92 Å². The van der Waals surface area contributed by atoms with Crippen LogP contribution in [0.5, 0.6) is 0 Å². The summed E-state index contributed by atoms with van der Waals surface area (Å²) in [6.07, 6.45) is 3.57. The molecule has 76 valence electrons. The summed E-state index contributed by atoms with van der Waals surface area (Å²) in [5.41, 5.74) is -1.89. The Hall–Kier alpha value is -0.570. The van der Waals surface area contributed by atoms with Gasteiger partial charge >= 0.3 is 5.97 Å². The molecule has 1 atom stereocenters. The number of aliphatic hydroxyl groups is 1. The van der Waals surface area contributed by atoms with Gasteiger partial charge in [0.15, 0.2) is 0 Å². The summed E-state index contributed by atoms with van der Waals surface area (Å²) >= 11 is 0. The van der Waals surface area contributed by atoms with Crippen LogP contribution in [-0.4, -0.2) is 21.8 Å². The standard InChI is InChI=1S/C10H18O3/c1-3-5-9(2,8(11)12)10(13)6-4-7-10/h13H,3-7H2,1-2H3,(H,11,12). The largest absolute Gasteiger partial charge is 0.481 e. The molecule has 0 bridgehead atoms. The second-order valence-corrected chi connectivity index (χ2v) is 4.27. The van der Waals surface area contributed by atoms with Crippen molar-refractivity contribution in [2.24, 2.45) is 5.41 Å². The molecule has 0 radical (unpaired) electrons. The topological polar surface area (TPSA) is 57.5 Å². The highest BCUT2D eigenvalue weighted by Gasteiger charge is 2.54. The Morgan fingerprint density at radius 1 is 1.54 bits per heavy atom. The fourth-order valence-corrected chi connectivity index (χ4v) is 2.10. The zero-order chi connectivity index (χ0) is 10.1. The fraction of sp³-hybridized carbons (Fsp3) is 0.900. The smallest absolute Gasteiger partial charge is 0.312 e. The van der Waals surface area contributed by atoms with Gasteiger partial charge in [-0.3, -0.25) is 4.79 Å². The van der Waals surface area contributed by atoms with Gasteiger partial charge in [0.2, 0.25) is 0 Å². The third-order valence-electron chi connectivity index (χ3n) is 3.43. The first kappa shape index (κ1) is 10.5. The summed E-state index contributed by atoms with van der Waals surface area (Å²) < 4.78 is 0. The van der Waals surface area contributed by atoms with Gasteiger partial charge in [-0.15, -0.1) is 0 Å². The Balaban J connectivity index is 2.83. The fourth-order valence-electron chi connectivity index (χ4n) is 2.10. The number of hydrogen-bond donors (Lipinski definition) is 2. The summed E-state index contributed by atoms with van der Waals surface area (Å²) in [6.45, 7) is 3.61. The summed E-state index contributed by atoms with van der Waals surface area (Å²) in [4.78, 5) is 11.1. The van der Waals surface area contributed by atoms with Crippen molar-refractivity contribution in [3.05, 3.63) is 0 Å². The maximum absolute atomic E-state index is 11.1. The highest BCUT2D eigenvalue weighted by molar-refractivity contribution is 5.76. The lowest BCUT2D eigenvalue weighted by molar-refractivity contribution is -0.182. The minimum Gasteiger partial charge on any atom is -0.481 e. The second kappa shape index (κ2) is 3.29. The summed E-state index contributed by atoms with van der Waals surface area (Å²) in [5, 5.41) is 19.2. The van der Waals surface area contributed by atoms with E-state index in [1.165, 1.54) is 0 Å². The quantitative estimate of drug-likeness (QED) is 0.703. The van der Waals surface area contributed by atoms with E-state index in [-0.39, 0.29) is 0 Å². The Morgan fingerprint density at radius 3 is 2.31 bits per heavy atom. The molecule has 0 amide bonds. The minimum absolute atomic E-state index is 0.554. The van der Waals surface area contributed by atoms with Crippen molar-refractivity contribution in [3.8, 4) is 0 Å². The van der Waals surface area contributed by atoms with E-state index in [9.17, 15) is 9.90 Å². The van der Waals surface area contributed by atoms with Crippen molar-refractivity contribution in [2.45, 2.75) is 51.6 Å². The Kier molecular flexibility index (Phi) is 2.66. The summed E-state index contributed by atoms with van der Waals surface area (Å²) in [6, 6.07) is 0. The van der Waals surface area contributed by atoms with Crippen LogP contribution in [0.15, 0.2) is 0 Å². The Morgan fingerprint density at radius 2 is 2.08 bits per heavy atom. The van der Waals surface area contributed by atoms with Crippen LogP contribution < -0.4 is 0 Å². The lowest BCUT2D eigenvalue weighted by atomic mass is 9.60. The van der Waals surface area contributed by atoms with E-state index in [0.717, 1.165) is 12.8 Å². The number of hydrogen-bond acceptors (Lipinski definition) is 2.